The molecule has 6 nitrogen and oxygen atoms in total. The zero-order valence-corrected chi connectivity index (χ0v) is 16.1. The fourth-order valence-corrected chi connectivity index (χ4v) is 4.73. The Morgan fingerprint density at radius 3 is 2.75 bits per heavy atom. The molecular weight excluding hydrogens is 354 g/mol. The van der Waals surface area contributed by atoms with Crippen LogP contribution in [0.5, 0.6) is 0 Å². The maximum absolute atomic E-state index is 13.0. The van der Waals surface area contributed by atoms with Gasteiger partial charge in [0.15, 0.2) is 0 Å². The van der Waals surface area contributed by atoms with Gasteiger partial charge in [0.05, 0.1) is 12.3 Å². The topological polar surface area (TPSA) is 73.2 Å². The summed E-state index contributed by atoms with van der Waals surface area (Å²) in [6.45, 7) is 1.32. The largest absolute Gasteiger partial charge is 0.411 e. The molecule has 0 spiro atoms. The molecule has 3 aliphatic rings. The summed E-state index contributed by atoms with van der Waals surface area (Å²) in [7, 11) is 0. The molecule has 2 aliphatic heterocycles. The fourth-order valence-electron chi connectivity index (χ4n) is 4.73. The molecule has 2 fully saturated rings. The van der Waals surface area contributed by atoms with E-state index in [1.807, 2.05) is 12.1 Å². The van der Waals surface area contributed by atoms with Crippen molar-refractivity contribution in [3.63, 3.8) is 0 Å². The minimum absolute atomic E-state index is 0.000682. The molecule has 0 unspecified atom stereocenters. The van der Waals surface area contributed by atoms with Crippen LogP contribution in [0.2, 0.25) is 0 Å². The Balaban J connectivity index is 1.36. The molecule has 6 heteroatoms. The number of oxime groups is 1. The molecule has 0 radical (unpaired) electrons. The zero-order chi connectivity index (χ0) is 19.5. The van der Waals surface area contributed by atoms with Gasteiger partial charge >= 0.3 is 0 Å². The Morgan fingerprint density at radius 1 is 1.14 bits per heavy atom. The van der Waals surface area contributed by atoms with E-state index in [2.05, 4.69) is 23.4 Å². The first kappa shape index (κ1) is 18.7. The van der Waals surface area contributed by atoms with E-state index in [-0.39, 0.29) is 23.9 Å². The first-order valence-corrected chi connectivity index (χ1v) is 10.2. The lowest BCUT2D eigenvalue weighted by atomic mass is 10.1. The van der Waals surface area contributed by atoms with Gasteiger partial charge in [-0.05, 0) is 49.7 Å². The highest BCUT2D eigenvalue weighted by molar-refractivity contribution is 5.90. The average molecular weight is 381 g/mol. The molecular formula is C22H27N3O3. The average Bonchev–Trinajstić information content (AvgIpc) is 3.44. The minimum atomic E-state index is -0.366. The molecule has 0 bridgehead atoms. The number of likely N-dealkylation sites (tertiary alicyclic amines) is 2. The van der Waals surface area contributed by atoms with Crippen LogP contribution in [0.4, 0.5) is 0 Å². The predicted octanol–water partition coefficient (Wildman–Crippen LogP) is 2.85. The van der Waals surface area contributed by atoms with Gasteiger partial charge in [0.1, 0.15) is 6.04 Å². The predicted molar refractivity (Wildman–Crippen MR) is 107 cm³/mol. The summed E-state index contributed by atoms with van der Waals surface area (Å²) in [5, 5.41) is 11.9. The van der Waals surface area contributed by atoms with E-state index in [1.165, 1.54) is 22.9 Å². The van der Waals surface area contributed by atoms with Crippen LogP contribution in [0.3, 0.4) is 0 Å². The number of rotatable bonds is 5. The molecule has 0 aromatic heterocycles. The second-order valence-corrected chi connectivity index (χ2v) is 7.93. The van der Waals surface area contributed by atoms with Gasteiger partial charge in [0.25, 0.3) is 0 Å². The van der Waals surface area contributed by atoms with E-state index in [0.29, 0.717) is 19.5 Å². The lowest BCUT2D eigenvalue weighted by Crippen LogP contribution is -2.49. The van der Waals surface area contributed by atoms with Crippen LogP contribution in [-0.2, 0) is 16.0 Å². The molecule has 4 rings (SSSR count). The van der Waals surface area contributed by atoms with Gasteiger partial charge in [0.2, 0.25) is 11.8 Å². The van der Waals surface area contributed by atoms with Gasteiger partial charge in [0, 0.05) is 19.5 Å². The van der Waals surface area contributed by atoms with Gasteiger partial charge in [-0.3, -0.25) is 9.59 Å². The summed E-state index contributed by atoms with van der Waals surface area (Å²) in [6, 6.07) is 7.82. The summed E-state index contributed by atoms with van der Waals surface area (Å²) in [6.07, 6.45) is 9.03. The quantitative estimate of drug-likeness (QED) is 0.484. The summed E-state index contributed by atoms with van der Waals surface area (Å²) in [5.41, 5.74) is 3.87. The SMILES string of the molecule is O=C([C@H]1CCCN1C(=O)CCC1=Cc2ccccc2C1)N1CCC[C@H]1C=NO. The first-order valence-electron chi connectivity index (χ1n) is 10.2. The molecule has 2 amide bonds. The van der Waals surface area contributed by atoms with Crippen molar-refractivity contribution in [3.8, 4) is 0 Å². The lowest BCUT2D eigenvalue weighted by molar-refractivity contribution is -0.143. The van der Waals surface area contributed by atoms with Gasteiger partial charge in [-0.15, -0.1) is 0 Å². The van der Waals surface area contributed by atoms with Crippen molar-refractivity contribution in [2.45, 2.75) is 57.0 Å². The number of benzene rings is 1. The monoisotopic (exact) mass is 381 g/mol. The van der Waals surface area contributed by atoms with E-state index in [4.69, 9.17) is 5.21 Å². The van der Waals surface area contributed by atoms with Gasteiger partial charge in [-0.2, -0.15) is 0 Å². The Bertz CT molecular complexity index is 817. The van der Waals surface area contributed by atoms with E-state index in [0.717, 1.165) is 38.5 Å². The highest BCUT2D eigenvalue weighted by Gasteiger charge is 2.39. The number of carbonyl (C=O) groups excluding carboxylic acids is 2. The third-order valence-corrected chi connectivity index (χ3v) is 6.17. The maximum Gasteiger partial charge on any atom is 0.245 e. The minimum Gasteiger partial charge on any atom is -0.411 e. The Morgan fingerprint density at radius 2 is 1.93 bits per heavy atom. The van der Waals surface area contributed by atoms with Crippen LogP contribution in [0.25, 0.3) is 6.08 Å². The Kier molecular flexibility index (Phi) is 5.46. The Labute approximate surface area is 165 Å². The molecule has 1 N–H and O–H groups in total. The molecule has 148 valence electrons. The van der Waals surface area contributed by atoms with E-state index in [1.54, 1.807) is 9.80 Å². The fraction of sp³-hybridized carbons (Fsp3) is 0.500. The van der Waals surface area contributed by atoms with Crippen LogP contribution in [0.1, 0.15) is 49.7 Å². The van der Waals surface area contributed by atoms with Crippen molar-refractivity contribution >= 4 is 24.1 Å². The first-order chi connectivity index (χ1) is 13.7. The van der Waals surface area contributed by atoms with Gasteiger partial charge in [-0.1, -0.05) is 41.1 Å². The van der Waals surface area contributed by atoms with E-state index in [9.17, 15) is 9.59 Å². The lowest BCUT2D eigenvalue weighted by Gasteiger charge is -2.30. The molecule has 2 saturated heterocycles. The molecule has 2 heterocycles. The number of allylic oxidation sites excluding steroid dienone is 1. The highest BCUT2D eigenvalue weighted by atomic mass is 16.4. The second kappa shape index (κ2) is 8.17. The number of fused-ring (bicyclic) bond motifs is 1. The van der Waals surface area contributed by atoms with Crippen LogP contribution < -0.4 is 0 Å². The van der Waals surface area contributed by atoms with Crippen LogP contribution in [0.15, 0.2) is 35.0 Å². The Hall–Kier alpha value is -2.63. The van der Waals surface area contributed by atoms with Crippen LogP contribution in [0, 0.1) is 0 Å². The number of amides is 2. The highest BCUT2D eigenvalue weighted by Crippen LogP contribution is 2.29. The number of hydrogen-bond acceptors (Lipinski definition) is 4. The third-order valence-electron chi connectivity index (χ3n) is 6.17. The molecule has 1 aromatic rings. The second-order valence-electron chi connectivity index (χ2n) is 7.93. The molecule has 0 saturated carbocycles. The molecule has 2 atom stereocenters. The smallest absolute Gasteiger partial charge is 0.245 e. The van der Waals surface area contributed by atoms with Crippen LogP contribution >= 0.6 is 0 Å². The summed E-state index contributed by atoms with van der Waals surface area (Å²) in [4.78, 5) is 29.5. The van der Waals surface area contributed by atoms with E-state index < -0.39 is 0 Å². The zero-order valence-electron chi connectivity index (χ0n) is 16.1. The maximum atomic E-state index is 13.0. The van der Waals surface area contributed by atoms with Gasteiger partial charge in [-0.25, -0.2) is 0 Å². The summed E-state index contributed by atoms with van der Waals surface area (Å²) < 4.78 is 0. The third kappa shape index (κ3) is 3.68. The van der Waals surface area contributed by atoms with Crippen molar-refractivity contribution in [1.82, 2.24) is 9.80 Å². The molecule has 1 aliphatic carbocycles. The van der Waals surface area contributed by atoms with Crippen molar-refractivity contribution in [1.29, 1.82) is 0 Å². The van der Waals surface area contributed by atoms with Crippen LogP contribution in [-0.4, -0.2) is 58.2 Å². The van der Waals surface area contributed by atoms with Crippen molar-refractivity contribution < 1.29 is 14.8 Å². The van der Waals surface area contributed by atoms with E-state index >= 15 is 0 Å². The number of hydrogen-bond donors (Lipinski definition) is 1. The van der Waals surface area contributed by atoms with Crippen molar-refractivity contribution in [3.05, 3.63) is 41.0 Å². The molecule has 1 aromatic carbocycles. The number of carbonyl (C=O) groups is 2. The normalized spacial score (nSPS) is 24.1. The summed E-state index contributed by atoms with van der Waals surface area (Å²) in [5.74, 6) is 0.0695. The molecule has 28 heavy (non-hydrogen) atoms. The van der Waals surface area contributed by atoms with Crippen molar-refractivity contribution in [2.24, 2.45) is 5.16 Å². The summed E-state index contributed by atoms with van der Waals surface area (Å²) >= 11 is 0. The van der Waals surface area contributed by atoms with Crippen molar-refractivity contribution in [2.75, 3.05) is 13.1 Å². The standard InChI is InChI=1S/C22H27N3O3/c26-21(10-9-16-13-17-5-1-2-6-18(17)14-16)25-12-4-8-20(25)22(27)24-11-3-7-19(24)15-23-28/h1-2,5-6,13,15,19-20,28H,3-4,7-12,14H2/t19-,20+/m0/s1. The number of nitrogens with zero attached hydrogens (tertiary/aromatic N) is 3. The van der Waals surface area contributed by atoms with Gasteiger partial charge < -0.3 is 15.0 Å².